The number of ether oxygens (including phenoxy) is 1. The summed E-state index contributed by atoms with van der Waals surface area (Å²) in [7, 11) is 1.28. The summed E-state index contributed by atoms with van der Waals surface area (Å²) in [6, 6.07) is 11.3. The lowest BCUT2D eigenvalue weighted by Crippen LogP contribution is -2.45. The fraction of sp³-hybridized carbons (Fsp3) is 0.400. The van der Waals surface area contributed by atoms with Gasteiger partial charge in [0, 0.05) is 30.2 Å². The van der Waals surface area contributed by atoms with Crippen LogP contribution in [0.15, 0.2) is 47.6 Å². The molecule has 1 aliphatic rings. The predicted molar refractivity (Wildman–Crippen MR) is 133 cm³/mol. The van der Waals surface area contributed by atoms with E-state index in [9.17, 15) is 14.4 Å². The zero-order valence-electron chi connectivity index (χ0n) is 19.2. The van der Waals surface area contributed by atoms with Crippen molar-refractivity contribution in [3.05, 3.63) is 79.6 Å². The van der Waals surface area contributed by atoms with Gasteiger partial charge in [0.25, 0.3) is 0 Å². The number of Topliss-reactive ketones (excluding diaryl/α,β-unsaturated/α-hetero) is 1. The van der Waals surface area contributed by atoms with Gasteiger partial charge in [-0.25, -0.2) is 4.79 Å². The molecule has 0 bridgehead atoms. The van der Waals surface area contributed by atoms with Gasteiger partial charge in [-0.1, -0.05) is 58.6 Å². The summed E-state index contributed by atoms with van der Waals surface area (Å²) < 4.78 is 4.89. The molecule has 2 aromatic rings. The Labute approximate surface area is 213 Å². The van der Waals surface area contributed by atoms with E-state index in [0.29, 0.717) is 35.0 Å². The number of carbonyl (C=O) groups excluding carboxylic acids is 3. The Morgan fingerprint density at radius 3 is 2.40 bits per heavy atom. The Bertz CT molecular complexity index is 1110. The number of amides is 1. The monoisotopic (exact) mass is 516 g/mol. The van der Waals surface area contributed by atoms with Crippen LogP contribution in [0, 0.1) is 11.8 Å². The van der Waals surface area contributed by atoms with Crippen LogP contribution in [0.5, 0.6) is 0 Å². The van der Waals surface area contributed by atoms with Gasteiger partial charge in [0.05, 0.1) is 22.7 Å². The number of halogens is 2. The van der Waals surface area contributed by atoms with Gasteiger partial charge in [0.2, 0.25) is 5.91 Å². The Hall–Kier alpha value is -3.06. The molecule has 1 N–H and O–H groups in total. The Balaban J connectivity index is 1.62. The van der Waals surface area contributed by atoms with Crippen LogP contribution in [0.25, 0.3) is 10.4 Å². The van der Waals surface area contributed by atoms with Crippen LogP contribution in [0.4, 0.5) is 0 Å². The first kappa shape index (κ1) is 26.5. The highest BCUT2D eigenvalue weighted by atomic mass is 35.5. The quantitative estimate of drug-likeness (QED) is 0.150. The van der Waals surface area contributed by atoms with Crippen LogP contribution in [0.3, 0.4) is 0 Å². The minimum absolute atomic E-state index is 0.125. The van der Waals surface area contributed by atoms with Gasteiger partial charge in [-0.3, -0.25) is 9.59 Å². The van der Waals surface area contributed by atoms with E-state index in [2.05, 4.69) is 15.3 Å². The van der Waals surface area contributed by atoms with Gasteiger partial charge in [-0.2, -0.15) is 0 Å². The third-order valence-corrected chi connectivity index (χ3v) is 6.82. The molecule has 35 heavy (non-hydrogen) atoms. The van der Waals surface area contributed by atoms with Crippen LogP contribution in [-0.4, -0.2) is 37.4 Å². The lowest BCUT2D eigenvalue weighted by atomic mass is 9.99. The molecule has 0 radical (unpaired) electrons. The molecule has 0 aliphatic heterocycles. The first-order valence-corrected chi connectivity index (χ1v) is 12.0. The van der Waals surface area contributed by atoms with Gasteiger partial charge >= 0.3 is 5.97 Å². The van der Waals surface area contributed by atoms with Gasteiger partial charge in [-0.05, 0) is 54.0 Å². The topological polar surface area (TPSA) is 121 Å². The highest BCUT2D eigenvalue weighted by molar-refractivity contribution is 6.39. The number of carbonyl (C=O) groups is 3. The molecule has 3 atom stereocenters. The number of rotatable bonds is 10. The van der Waals surface area contributed by atoms with Crippen LogP contribution in [-0.2, 0) is 27.2 Å². The van der Waals surface area contributed by atoms with E-state index in [4.69, 9.17) is 33.5 Å². The van der Waals surface area contributed by atoms with E-state index < -0.39 is 12.0 Å². The highest BCUT2D eigenvalue weighted by Gasteiger charge is 2.32. The minimum atomic E-state index is -0.835. The summed E-state index contributed by atoms with van der Waals surface area (Å²) in [6.45, 7) is 0.373. The molecule has 184 valence electrons. The number of nitrogens with one attached hydrogen (secondary N) is 1. The van der Waals surface area contributed by atoms with Crippen LogP contribution < -0.4 is 5.32 Å². The summed E-state index contributed by atoms with van der Waals surface area (Å²) in [4.78, 5) is 40.6. The third-order valence-electron chi connectivity index (χ3n) is 6.19. The lowest BCUT2D eigenvalue weighted by molar-refractivity contribution is -0.145. The van der Waals surface area contributed by atoms with E-state index in [1.165, 1.54) is 7.11 Å². The van der Waals surface area contributed by atoms with Crippen molar-refractivity contribution >= 4 is 40.9 Å². The maximum atomic E-state index is 12.8. The first-order valence-electron chi connectivity index (χ1n) is 11.3. The van der Waals surface area contributed by atoms with Crippen molar-refractivity contribution in [2.75, 3.05) is 13.7 Å². The predicted octanol–water partition coefficient (Wildman–Crippen LogP) is 5.35. The number of methoxy groups -OCH3 is 1. The van der Waals surface area contributed by atoms with Gasteiger partial charge < -0.3 is 10.1 Å². The Morgan fingerprint density at radius 2 is 1.77 bits per heavy atom. The highest BCUT2D eigenvalue weighted by Crippen LogP contribution is 2.31. The van der Waals surface area contributed by atoms with E-state index in [1.807, 2.05) is 12.1 Å². The maximum Gasteiger partial charge on any atom is 0.328 e. The Morgan fingerprint density at radius 1 is 1.11 bits per heavy atom. The van der Waals surface area contributed by atoms with E-state index in [1.54, 1.807) is 30.3 Å². The summed E-state index contributed by atoms with van der Waals surface area (Å²) >= 11 is 12.3. The van der Waals surface area contributed by atoms with Crippen molar-refractivity contribution in [2.24, 2.45) is 17.0 Å². The third kappa shape index (κ3) is 7.21. The summed E-state index contributed by atoms with van der Waals surface area (Å²) in [5.41, 5.74) is 10.4. The van der Waals surface area contributed by atoms with Crippen LogP contribution >= 0.6 is 23.2 Å². The average Bonchev–Trinajstić information content (AvgIpc) is 3.32. The Kier molecular flexibility index (Phi) is 9.55. The molecule has 1 amide bonds. The second-order valence-electron chi connectivity index (χ2n) is 8.59. The van der Waals surface area contributed by atoms with Crippen molar-refractivity contribution in [3.63, 3.8) is 0 Å². The van der Waals surface area contributed by atoms with Crippen molar-refractivity contribution < 1.29 is 19.1 Å². The molecule has 1 saturated carbocycles. The molecule has 3 rings (SSSR count). The van der Waals surface area contributed by atoms with Crippen molar-refractivity contribution in [1.82, 2.24) is 5.32 Å². The summed E-state index contributed by atoms with van der Waals surface area (Å²) in [5, 5.41) is 7.03. The molecule has 1 aliphatic carbocycles. The van der Waals surface area contributed by atoms with Gasteiger partial charge in [0.15, 0.2) is 5.78 Å². The SMILES string of the molecule is COC(=O)[C@H](Cc1ccc(CC(=O)c2c(Cl)cccc2Cl)cc1)NC(=O)C1CCC(CN=[N+]=[N-])C1. The molecule has 0 aromatic heterocycles. The van der Waals surface area contributed by atoms with Crippen LogP contribution in [0.1, 0.15) is 40.7 Å². The van der Waals surface area contributed by atoms with Crippen molar-refractivity contribution in [1.29, 1.82) is 0 Å². The zero-order valence-corrected chi connectivity index (χ0v) is 20.8. The molecule has 1 fully saturated rings. The standard InChI is InChI=1S/C25H26Cl2N4O4/c1-35-25(34)21(30-24(33)18-10-9-17(11-18)14-29-31-28)12-15-5-7-16(8-6-15)13-22(32)23-19(26)3-2-4-20(23)27/h2-8,17-18,21H,9-14H2,1H3,(H,30,33)/t17?,18?,21-/m0/s1. The maximum absolute atomic E-state index is 12.8. The van der Waals surface area contributed by atoms with E-state index in [0.717, 1.165) is 17.5 Å². The molecule has 0 saturated heterocycles. The molecule has 10 heteroatoms. The first-order chi connectivity index (χ1) is 16.8. The number of nitrogens with zero attached hydrogens (tertiary/aromatic N) is 3. The molecule has 2 aromatic carbocycles. The normalized spacial score (nSPS) is 17.8. The van der Waals surface area contributed by atoms with Gasteiger partial charge in [-0.15, -0.1) is 0 Å². The summed E-state index contributed by atoms with van der Waals surface area (Å²) in [6.07, 6.45) is 2.48. The largest absolute Gasteiger partial charge is 0.467 e. The average molecular weight is 517 g/mol. The van der Waals surface area contributed by atoms with E-state index in [-0.39, 0.29) is 36.4 Å². The molecule has 0 heterocycles. The molecule has 8 nitrogen and oxygen atoms in total. The van der Waals surface area contributed by atoms with Crippen molar-refractivity contribution in [3.8, 4) is 0 Å². The second kappa shape index (κ2) is 12.6. The molecule has 0 spiro atoms. The van der Waals surface area contributed by atoms with Crippen molar-refractivity contribution in [2.45, 2.75) is 38.1 Å². The molecular formula is C25H26Cl2N4O4. The lowest BCUT2D eigenvalue weighted by Gasteiger charge is -2.19. The second-order valence-corrected chi connectivity index (χ2v) is 9.41. The summed E-state index contributed by atoms with van der Waals surface area (Å²) in [5.74, 6) is -0.985. The smallest absolute Gasteiger partial charge is 0.328 e. The number of esters is 1. The number of hydrogen-bond acceptors (Lipinski definition) is 5. The number of azide groups is 1. The number of hydrogen-bond donors (Lipinski definition) is 1. The molecular weight excluding hydrogens is 491 g/mol. The fourth-order valence-corrected chi connectivity index (χ4v) is 4.93. The van der Waals surface area contributed by atoms with E-state index >= 15 is 0 Å². The van der Waals surface area contributed by atoms with Crippen LogP contribution in [0.2, 0.25) is 10.0 Å². The number of benzene rings is 2. The molecule has 2 unspecified atom stereocenters. The number of ketones is 1. The zero-order chi connectivity index (χ0) is 25.4. The minimum Gasteiger partial charge on any atom is -0.467 e. The van der Waals surface area contributed by atoms with Gasteiger partial charge in [0.1, 0.15) is 6.04 Å². The fourth-order valence-electron chi connectivity index (χ4n) is 4.32.